The molecule has 0 atom stereocenters. The van der Waals surface area contributed by atoms with Gasteiger partial charge in [0, 0.05) is 17.7 Å². The third-order valence-corrected chi connectivity index (χ3v) is 4.17. The van der Waals surface area contributed by atoms with Gasteiger partial charge in [-0.2, -0.15) is 0 Å². The number of hydrogen-bond acceptors (Lipinski definition) is 5. The molecule has 0 bridgehead atoms. The fraction of sp³-hybridized carbons (Fsp3) is 0.150. The molecule has 0 saturated carbocycles. The van der Waals surface area contributed by atoms with Gasteiger partial charge in [-0.15, -0.1) is 0 Å². The number of carbonyl (C=O) groups excluding carboxylic acids is 2. The molecule has 0 aliphatic heterocycles. The van der Waals surface area contributed by atoms with Gasteiger partial charge >= 0.3 is 6.03 Å². The maximum Gasteiger partial charge on any atom is 0.319 e. The van der Waals surface area contributed by atoms with Crippen LogP contribution in [0, 0.1) is 6.92 Å². The number of amides is 3. The SMILES string of the molecule is Cc1onc(-c2ccccc2)c1NC(=O)NCCc1ccc(C(=O)NO)cc1. The van der Waals surface area contributed by atoms with Crippen molar-refractivity contribution in [1.82, 2.24) is 16.0 Å². The van der Waals surface area contributed by atoms with Crippen molar-refractivity contribution in [3.8, 4) is 11.3 Å². The molecule has 144 valence electrons. The normalized spacial score (nSPS) is 10.4. The van der Waals surface area contributed by atoms with Crippen molar-refractivity contribution < 1.29 is 19.3 Å². The molecule has 1 aromatic heterocycles. The van der Waals surface area contributed by atoms with Crippen LogP contribution in [0.2, 0.25) is 0 Å². The molecule has 3 rings (SSSR count). The molecule has 0 aliphatic carbocycles. The number of nitrogens with zero attached hydrogens (tertiary/aromatic N) is 1. The monoisotopic (exact) mass is 380 g/mol. The van der Waals surface area contributed by atoms with Crippen LogP contribution in [0.15, 0.2) is 59.1 Å². The number of carbonyl (C=O) groups is 2. The van der Waals surface area contributed by atoms with Crippen molar-refractivity contribution in [1.29, 1.82) is 0 Å². The summed E-state index contributed by atoms with van der Waals surface area (Å²) in [6.07, 6.45) is 0.586. The summed E-state index contributed by atoms with van der Waals surface area (Å²) in [5.41, 5.74) is 4.84. The van der Waals surface area contributed by atoms with E-state index in [1.807, 2.05) is 30.3 Å². The highest BCUT2D eigenvalue weighted by Crippen LogP contribution is 2.29. The third-order valence-electron chi connectivity index (χ3n) is 4.17. The number of nitrogens with one attached hydrogen (secondary N) is 3. The van der Waals surface area contributed by atoms with E-state index in [4.69, 9.17) is 9.73 Å². The summed E-state index contributed by atoms with van der Waals surface area (Å²) in [6, 6.07) is 15.8. The Labute approximate surface area is 161 Å². The standard InChI is InChI=1S/C20H20N4O4/c1-13-17(18(24-28-13)15-5-3-2-4-6-15)22-20(26)21-12-11-14-7-9-16(10-8-14)19(25)23-27/h2-10,27H,11-12H2,1H3,(H,23,25)(H2,21,22,26). The Bertz CT molecular complexity index is 952. The maximum absolute atomic E-state index is 12.2. The molecule has 0 aliphatic rings. The molecule has 28 heavy (non-hydrogen) atoms. The number of anilines is 1. The lowest BCUT2D eigenvalue weighted by atomic mass is 10.1. The molecule has 0 saturated heterocycles. The molecule has 0 spiro atoms. The first kappa shape index (κ1) is 19.1. The highest BCUT2D eigenvalue weighted by Gasteiger charge is 2.16. The van der Waals surface area contributed by atoms with Crippen LogP contribution in [0.4, 0.5) is 10.5 Å². The van der Waals surface area contributed by atoms with E-state index in [9.17, 15) is 9.59 Å². The predicted octanol–water partition coefficient (Wildman–Crippen LogP) is 3.13. The van der Waals surface area contributed by atoms with Crippen LogP contribution in [0.3, 0.4) is 0 Å². The number of benzene rings is 2. The maximum atomic E-state index is 12.2. The van der Waals surface area contributed by atoms with Crippen LogP contribution in [-0.4, -0.2) is 28.8 Å². The molecular weight excluding hydrogens is 360 g/mol. The van der Waals surface area contributed by atoms with Crippen molar-refractivity contribution in [2.24, 2.45) is 0 Å². The number of urea groups is 1. The van der Waals surface area contributed by atoms with Crippen LogP contribution < -0.4 is 16.1 Å². The van der Waals surface area contributed by atoms with Crippen LogP contribution in [-0.2, 0) is 6.42 Å². The number of aromatic nitrogens is 1. The minimum atomic E-state index is -0.567. The van der Waals surface area contributed by atoms with E-state index in [-0.39, 0.29) is 6.03 Å². The van der Waals surface area contributed by atoms with E-state index in [1.165, 1.54) is 0 Å². The van der Waals surface area contributed by atoms with E-state index in [0.29, 0.717) is 35.7 Å². The van der Waals surface area contributed by atoms with Gasteiger partial charge in [-0.1, -0.05) is 47.6 Å². The molecule has 1 heterocycles. The molecule has 0 unspecified atom stereocenters. The topological polar surface area (TPSA) is 116 Å². The Morgan fingerprint density at radius 3 is 2.46 bits per heavy atom. The first-order chi connectivity index (χ1) is 13.6. The van der Waals surface area contributed by atoms with Gasteiger partial charge in [0.25, 0.3) is 5.91 Å². The first-order valence-electron chi connectivity index (χ1n) is 8.68. The molecule has 4 N–H and O–H groups in total. The summed E-state index contributed by atoms with van der Waals surface area (Å²) in [4.78, 5) is 23.5. The van der Waals surface area contributed by atoms with Gasteiger partial charge in [-0.25, -0.2) is 10.3 Å². The lowest BCUT2D eigenvalue weighted by molar-refractivity contribution is 0.0706. The number of hydrogen-bond donors (Lipinski definition) is 4. The van der Waals surface area contributed by atoms with Gasteiger partial charge in [0.05, 0.1) is 0 Å². The molecule has 2 aromatic carbocycles. The van der Waals surface area contributed by atoms with E-state index < -0.39 is 5.91 Å². The van der Waals surface area contributed by atoms with Gasteiger partial charge in [0.15, 0.2) is 5.76 Å². The Morgan fingerprint density at radius 2 is 1.79 bits per heavy atom. The highest BCUT2D eigenvalue weighted by atomic mass is 16.5. The lowest BCUT2D eigenvalue weighted by Gasteiger charge is -2.08. The summed E-state index contributed by atoms with van der Waals surface area (Å²) in [5.74, 6) is -0.0471. The molecular formula is C20H20N4O4. The Morgan fingerprint density at radius 1 is 1.07 bits per heavy atom. The van der Waals surface area contributed by atoms with Crippen LogP contribution in [0.25, 0.3) is 11.3 Å². The van der Waals surface area contributed by atoms with Gasteiger partial charge < -0.3 is 15.2 Å². The number of rotatable bonds is 6. The molecule has 8 heteroatoms. The van der Waals surface area contributed by atoms with E-state index in [2.05, 4.69) is 15.8 Å². The number of hydroxylamine groups is 1. The van der Waals surface area contributed by atoms with Gasteiger partial charge in [-0.3, -0.25) is 10.0 Å². The fourth-order valence-electron chi connectivity index (χ4n) is 2.68. The van der Waals surface area contributed by atoms with Crippen LogP contribution in [0.5, 0.6) is 0 Å². The summed E-state index contributed by atoms with van der Waals surface area (Å²) in [5, 5.41) is 18.2. The van der Waals surface area contributed by atoms with Crippen LogP contribution >= 0.6 is 0 Å². The minimum absolute atomic E-state index is 0.355. The van der Waals surface area contributed by atoms with Gasteiger partial charge in [-0.05, 0) is 31.0 Å². The van der Waals surface area contributed by atoms with E-state index in [0.717, 1.165) is 11.1 Å². The third kappa shape index (κ3) is 4.54. The van der Waals surface area contributed by atoms with E-state index in [1.54, 1.807) is 36.7 Å². The Balaban J connectivity index is 1.55. The lowest BCUT2D eigenvalue weighted by Crippen LogP contribution is -2.30. The van der Waals surface area contributed by atoms with Gasteiger partial charge in [0.2, 0.25) is 0 Å². The summed E-state index contributed by atoms with van der Waals surface area (Å²) < 4.78 is 5.22. The summed E-state index contributed by atoms with van der Waals surface area (Å²) in [7, 11) is 0. The smallest absolute Gasteiger partial charge is 0.319 e. The molecule has 3 amide bonds. The minimum Gasteiger partial charge on any atom is -0.359 e. The largest absolute Gasteiger partial charge is 0.359 e. The quantitative estimate of drug-likeness (QED) is 0.387. The molecule has 8 nitrogen and oxygen atoms in total. The fourth-order valence-corrected chi connectivity index (χ4v) is 2.68. The van der Waals surface area contributed by atoms with Crippen molar-refractivity contribution in [2.75, 3.05) is 11.9 Å². The van der Waals surface area contributed by atoms with Crippen molar-refractivity contribution >= 4 is 17.6 Å². The first-order valence-corrected chi connectivity index (χ1v) is 8.68. The summed E-state index contributed by atoms with van der Waals surface area (Å²) >= 11 is 0. The van der Waals surface area contributed by atoms with Crippen LogP contribution in [0.1, 0.15) is 21.7 Å². The highest BCUT2D eigenvalue weighted by molar-refractivity contribution is 5.94. The van der Waals surface area contributed by atoms with Gasteiger partial charge in [0.1, 0.15) is 11.4 Å². The summed E-state index contributed by atoms with van der Waals surface area (Å²) in [6.45, 7) is 2.14. The Hall–Kier alpha value is -3.65. The van der Waals surface area contributed by atoms with Crippen molar-refractivity contribution in [3.05, 3.63) is 71.5 Å². The molecule has 0 fully saturated rings. The molecule has 0 radical (unpaired) electrons. The average molecular weight is 380 g/mol. The predicted molar refractivity (Wildman–Crippen MR) is 103 cm³/mol. The van der Waals surface area contributed by atoms with Crippen molar-refractivity contribution in [2.45, 2.75) is 13.3 Å². The number of aryl methyl sites for hydroxylation is 1. The second kappa shape index (κ2) is 8.83. The molecule has 3 aromatic rings. The van der Waals surface area contributed by atoms with E-state index >= 15 is 0 Å². The average Bonchev–Trinajstić information content (AvgIpc) is 3.09. The zero-order valence-corrected chi connectivity index (χ0v) is 15.2. The van der Waals surface area contributed by atoms with Crippen molar-refractivity contribution in [3.63, 3.8) is 0 Å². The Kier molecular flexibility index (Phi) is 6.03. The second-order valence-electron chi connectivity index (χ2n) is 6.10. The second-order valence-corrected chi connectivity index (χ2v) is 6.10. The zero-order chi connectivity index (χ0) is 19.9. The zero-order valence-electron chi connectivity index (χ0n) is 15.2.